The fourth-order valence-electron chi connectivity index (χ4n) is 2.91. The highest BCUT2D eigenvalue weighted by Gasteiger charge is 2.32. The van der Waals surface area contributed by atoms with Crippen LogP contribution in [0.25, 0.3) is 0 Å². The van der Waals surface area contributed by atoms with Crippen LogP contribution in [-0.2, 0) is 17.1 Å². The summed E-state index contributed by atoms with van der Waals surface area (Å²) in [6.45, 7) is 4.48. The van der Waals surface area contributed by atoms with Crippen molar-refractivity contribution < 1.29 is 4.79 Å². The van der Waals surface area contributed by atoms with Crippen molar-refractivity contribution in [3.05, 3.63) is 16.1 Å². The van der Waals surface area contributed by atoms with Crippen LogP contribution in [0.1, 0.15) is 43.8 Å². The molecular weight excluding hydrogens is 280 g/mol. The molecule has 0 aliphatic heterocycles. The van der Waals surface area contributed by atoms with Crippen LogP contribution in [0.2, 0.25) is 0 Å². The first-order chi connectivity index (χ1) is 9.13. The highest BCUT2D eigenvalue weighted by atomic mass is 35.5. The predicted molar refractivity (Wildman–Crippen MR) is 79.5 cm³/mol. The van der Waals surface area contributed by atoms with Gasteiger partial charge in [0, 0.05) is 11.4 Å². The van der Waals surface area contributed by atoms with E-state index in [1.807, 2.05) is 5.38 Å². The number of hydrogen-bond acceptors (Lipinski definition) is 3. The van der Waals surface area contributed by atoms with E-state index in [1.165, 1.54) is 24.2 Å². The molecule has 1 aliphatic rings. The molecule has 5 heteroatoms. The van der Waals surface area contributed by atoms with Gasteiger partial charge in [0.15, 0.2) is 0 Å². The van der Waals surface area contributed by atoms with E-state index in [4.69, 9.17) is 11.6 Å². The van der Waals surface area contributed by atoms with Crippen molar-refractivity contribution in [1.29, 1.82) is 0 Å². The highest BCUT2D eigenvalue weighted by molar-refractivity contribution is 7.09. The second-order valence-corrected chi connectivity index (χ2v) is 6.53. The van der Waals surface area contributed by atoms with Crippen LogP contribution in [0.4, 0.5) is 0 Å². The van der Waals surface area contributed by atoms with Gasteiger partial charge in [0.05, 0.1) is 18.0 Å². The number of nitrogens with one attached hydrogen (secondary N) is 1. The zero-order chi connectivity index (χ0) is 13.8. The van der Waals surface area contributed by atoms with Crippen LogP contribution in [0.5, 0.6) is 0 Å². The Morgan fingerprint density at radius 1 is 1.58 bits per heavy atom. The van der Waals surface area contributed by atoms with Crippen molar-refractivity contribution in [2.45, 2.75) is 51.5 Å². The van der Waals surface area contributed by atoms with Crippen LogP contribution < -0.4 is 5.32 Å². The molecule has 1 aliphatic carbocycles. The summed E-state index contributed by atoms with van der Waals surface area (Å²) in [5.41, 5.74) is 0.856. The smallest absolute Gasteiger partial charge is 0.227 e. The van der Waals surface area contributed by atoms with Gasteiger partial charge in [0.25, 0.3) is 0 Å². The molecule has 19 heavy (non-hydrogen) atoms. The van der Waals surface area contributed by atoms with E-state index in [-0.39, 0.29) is 5.91 Å². The lowest BCUT2D eigenvalue weighted by Gasteiger charge is -2.20. The van der Waals surface area contributed by atoms with Crippen molar-refractivity contribution in [3.8, 4) is 0 Å². The fraction of sp³-hybridized carbons (Fsp3) is 0.714. The average Bonchev–Trinajstić information content (AvgIpc) is 2.97. The number of thiazole rings is 1. The second-order valence-electron chi connectivity index (χ2n) is 5.32. The number of carbonyl (C=O) groups is 1. The number of rotatable bonds is 5. The van der Waals surface area contributed by atoms with Gasteiger partial charge in [-0.3, -0.25) is 4.79 Å². The van der Waals surface area contributed by atoms with Gasteiger partial charge in [-0.2, -0.15) is 0 Å². The van der Waals surface area contributed by atoms with E-state index >= 15 is 0 Å². The topological polar surface area (TPSA) is 42.0 Å². The van der Waals surface area contributed by atoms with Gasteiger partial charge in [-0.25, -0.2) is 4.98 Å². The third-order valence-electron chi connectivity index (χ3n) is 4.15. The molecule has 3 atom stereocenters. The number of halogens is 1. The van der Waals surface area contributed by atoms with Gasteiger partial charge in [0.2, 0.25) is 5.91 Å². The van der Waals surface area contributed by atoms with Crippen molar-refractivity contribution in [3.63, 3.8) is 0 Å². The van der Waals surface area contributed by atoms with Gasteiger partial charge in [-0.05, 0) is 24.7 Å². The molecular formula is C14H21ClN2OS. The zero-order valence-electron chi connectivity index (χ0n) is 11.5. The predicted octanol–water partition coefficient (Wildman–Crippen LogP) is 3.37. The Balaban J connectivity index is 1.84. The molecule has 2 rings (SSSR count). The largest absolute Gasteiger partial charge is 0.353 e. The van der Waals surface area contributed by atoms with E-state index in [0.717, 1.165) is 23.0 Å². The lowest BCUT2D eigenvalue weighted by atomic mass is 9.93. The Labute approximate surface area is 123 Å². The first-order valence-electron chi connectivity index (χ1n) is 6.92. The molecule has 1 aromatic rings. The molecule has 1 amide bonds. The molecule has 1 saturated carbocycles. The summed E-state index contributed by atoms with van der Waals surface area (Å²) in [7, 11) is 0. The summed E-state index contributed by atoms with van der Waals surface area (Å²) in [6.07, 6.45) is 3.92. The van der Waals surface area contributed by atoms with Crippen molar-refractivity contribution in [1.82, 2.24) is 10.3 Å². The number of hydrogen-bond donors (Lipinski definition) is 1. The molecule has 0 bridgehead atoms. The normalized spacial score (nSPS) is 26.6. The number of amides is 1. The maximum Gasteiger partial charge on any atom is 0.227 e. The maximum atomic E-state index is 12.0. The number of carbonyl (C=O) groups excluding carboxylic acids is 1. The molecule has 1 N–H and O–H groups in total. The molecule has 3 unspecified atom stereocenters. The SMILES string of the molecule is CCC1CCC(NC(=O)Cc2nc(CCl)cs2)C1C. The van der Waals surface area contributed by atoms with E-state index in [2.05, 4.69) is 24.1 Å². The van der Waals surface area contributed by atoms with E-state index in [9.17, 15) is 4.79 Å². The van der Waals surface area contributed by atoms with Crippen molar-refractivity contribution in [2.24, 2.45) is 11.8 Å². The molecule has 1 fully saturated rings. The summed E-state index contributed by atoms with van der Waals surface area (Å²) < 4.78 is 0. The van der Waals surface area contributed by atoms with Crippen LogP contribution in [-0.4, -0.2) is 16.9 Å². The van der Waals surface area contributed by atoms with Crippen molar-refractivity contribution in [2.75, 3.05) is 0 Å². The molecule has 3 nitrogen and oxygen atoms in total. The summed E-state index contributed by atoms with van der Waals surface area (Å²) in [6, 6.07) is 0.338. The van der Waals surface area contributed by atoms with Crippen LogP contribution in [0.15, 0.2) is 5.38 Å². The maximum absolute atomic E-state index is 12.0. The third-order valence-corrected chi connectivity index (χ3v) is 5.32. The lowest BCUT2D eigenvalue weighted by molar-refractivity contribution is -0.121. The van der Waals surface area contributed by atoms with E-state index in [1.54, 1.807) is 0 Å². The number of aromatic nitrogens is 1. The summed E-state index contributed by atoms with van der Waals surface area (Å²) in [4.78, 5) is 16.3. The number of nitrogens with zero attached hydrogens (tertiary/aromatic N) is 1. The average molecular weight is 301 g/mol. The van der Waals surface area contributed by atoms with E-state index < -0.39 is 0 Å². The minimum atomic E-state index is 0.0871. The Morgan fingerprint density at radius 2 is 2.37 bits per heavy atom. The molecule has 0 aromatic carbocycles. The Morgan fingerprint density at radius 3 is 2.95 bits per heavy atom. The van der Waals surface area contributed by atoms with Gasteiger partial charge in [0.1, 0.15) is 5.01 Å². The highest BCUT2D eigenvalue weighted by Crippen LogP contribution is 2.33. The second kappa shape index (κ2) is 6.71. The third kappa shape index (κ3) is 3.69. The summed E-state index contributed by atoms with van der Waals surface area (Å²) in [5, 5.41) is 5.93. The Hall–Kier alpha value is -0.610. The van der Waals surface area contributed by atoms with E-state index in [0.29, 0.717) is 24.3 Å². The molecule has 106 valence electrons. The standard InChI is InChI=1S/C14H21ClN2OS/c1-3-10-4-5-12(9(10)2)17-13(18)6-14-16-11(7-15)8-19-14/h8-10,12H,3-7H2,1-2H3,(H,17,18). The molecule has 1 heterocycles. The zero-order valence-corrected chi connectivity index (χ0v) is 13.1. The minimum Gasteiger partial charge on any atom is -0.353 e. The van der Waals surface area contributed by atoms with Crippen LogP contribution in [0.3, 0.4) is 0 Å². The van der Waals surface area contributed by atoms with Gasteiger partial charge in [-0.1, -0.05) is 20.3 Å². The minimum absolute atomic E-state index is 0.0871. The Bertz CT molecular complexity index is 435. The lowest BCUT2D eigenvalue weighted by Crippen LogP contribution is -2.38. The first kappa shape index (κ1) is 14.8. The van der Waals surface area contributed by atoms with Crippen LogP contribution >= 0.6 is 22.9 Å². The summed E-state index contributed by atoms with van der Waals surface area (Å²) in [5.74, 6) is 1.84. The number of alkyl halides is 1. The van der Waals surface area contributed by atoms with Crippen molar-refractivity contribution >= 4 is 28.8 Å². The van der Waals surface area contributed by atoms with Crippen LogP contribution in [0, 0.1) is 11.8 Å². The Kier molecular flexibility index (Phi) is 5.22. The quantitative estimate of drug-likeness (QED) is 0.847. The molecule has 0 spiro atoms. The van der Waals surface area contributed by atoms with Gasteiger partial charge in [-0.15, -0.1) is 22.9 Å². The monoisotopic (exact) mass is 300 g/mol. The fourth-order valence-corrected chi connectivity index (χ4v) is 3.94. The molecule has 1 aromatic heterocycles. The molecule has 0 saturated heterocycles. The van der Waals surface area contributed by atoms with Gasteiger partial charge >= 0.3 is 0 Å². The first-order valence-corrected chi connectivity index (χ1v) is 8.34. The molecule has 0 radical (unpaired) electrons. The summed E-state index contributed by atoms with van der Waals surface area (Å²) >= 11 is 7.22. The van der Waals surface area contributed by atoms with Gasteiger partial charge < -0.3 is 5.32 Å².